The number of carbonyl (C=O) groups excluding carboxylic acids is 1. The molecule has 2 saturated carbocycles. The van der Waals surface area contributed by atoms with Gasteiger partial charge in [0.2, 0.25) is 5.91 Å². The molecule has 3 rings (SSSR count). The Kier molecular flexibility index (Phi) is 4.42. The highest BCUT2D eigenvalue weighted by Crippen LogP contribution is 2.40. The van der Waals surface area contributed by atoms with Crippen molar-refractivity contribution in [2.75, 3.05) is 6.54 Å². The van der Waals surface area contributed by atoms with E-state index in [0.29, 0.717) is 6.04 Å². The average Bonchev–Trinajstić information content (AvgIpc) is 2.64. The van der Waals surface area contributed by atoms with E-state index in [4.69, 9.17) is 0 Å². The molecular formula is C16H28N2O. The normalized spacial score (nSPS) is 40.1. The van der Waals surface area contributed by atoms with Crippen LogP contribution in [0.2, 0.25) is 0 Å². The molecule has 3 fully saturated rings. The first-order chi connectivity index (χ1) is 9.33. The van der Waals surface area contributed by atoms with Crippen LogP contribution in [0.15, 0.2) is 0 Å². The fourth-order valence-electron chi connectivity index (χ4n) is 4.41. The molecule has 0 aromatic rings. The first kappa shape index (κ1) is 13.4. The molecule has 108 valence electrons. The molecule has 4 atom stereocenters. The second kappa shape index (κ2) is 6.25. The molecular weight excluding hydrogens is 236 g/mol. The molecule has 3 heteroatoms. The lowest BCUT2D eigenvalue weighted by Crippen LogP contribution is -2.49. The lowest BCUT2D eigenvalue weighted by Gasteiger charge is -2.40. The van der Waals surface area contributed by atoms with Gasteiger partial charge in [-0.2, -0.15) is 0 Å². The molecule has 0 bridgehead atoms. The molecule has 19 heavy (non-hydrogen) atoms. The number of fused-ring (bicyclic) bond motifs is 1. The topological polar surface area (TPSA) is 41.1 Å². The summed E-state index contributed by atoms with van der Waals surface area (Å²) in [4.78, 5) is 12.0. The van der Waals surface area contributed by atoms with Gasteiger partial charge in [0.15, 0.2) is 0 Å². The van der Waals surface area contributed by atoms with Crippen molar-refractivity contribution < 1.29 is 4.79 Å². The van der Waals surface area contributed by atoms with Gasteiger partial charge in [0.1, 0.15) is 0 Å². The van der Waals surface area contributed by atoms with Crippen LogP contribution in [-0.2, 0) is 4.79 Å². The largest absolute Gasteiger partial charge is 0.355 e. The van der Waals surface area contributed by atoms with E-state index in [1.54, 1.807) is 0 Å². The predicted molar refractivity (Wildman–Crippen MR) is 76.9 cm³/mol. The van der Waals surface area contributed by atoms with Crippen molar-refractivity contribution in [1.29, 1.82) is 0 Å². The third-order valence-corrected chi connectivity index (χ3v) is 5.51. The number of nitrogens with one attached hydrogen (secondary N) is 2. The highest BCUT2D eigenvalue weighted by Gasteiger charge is 2.33. The molecule has 4 unspecified atom stereocenters. The van der Waals surface area contributed by atoms with Crippen molar-refractivity contribution in [3.05, 3.63) is 0 Å². The van der Waals surface area contributed by atoms with Gasteiger partial charge in [-0.25, -0.2) is 0 Å². The van der Waals surface area contributed by atoms with Crippen molar-refractivity contribution in [2.45, 2.75) is 76.3 Å². The second-order valence-corrected chi connectivity index (χ2v) is 6.82. The van der Waals surface area contributed by atoms with Gasteiger partial charge < -0.3 is 10.6 Å². The standard InChI is InChI=1S/C16H28N2O/c19-16-15(7-3-4-10-17-16)18-14-9-8-12-5-1-2-6-13(12)11-14/h12-15,18H,1-11H2,(H,17,19). The molecule has 0 aromatic carbocycles. The second-order valence-electron chi connectivity index (χ2n) is 6.82. The summed E-state index contributed by atoms with van der Waals surface area (Å²) in [6.45, 7) is 0.867. The predicted octanol–water partition coefficient (Wildman–Crippen LogP) is 2.60. The molecule has 1 heterocycles. The van der Waals surface area contributed by atoms with E-state index < -0.39 is 0 Å². The van der Waals surface area contributed by atoms with Crippen molar-refractivity contribution in [3.63, 3.8) is 0 Å². The maximum absolute atomic E-state index is 12.0. The van der Waals surface area contributed by atoms with E-state index in [2.05, 4.69) is 10.6 Å². The van der Waals surface area contributed by atoms with E-state index in [1.807, 2.05) is 0 Å². The van der Waals surface area contributed by atoms with E-state index in [1.165, 1.54) is 51.4 Å². The van der Waals surface area contributed by atoms with Crippen LogP contribution in [0.3, 0.4) is 0 Å². The molecule has 3 nitrogen and oxygen atoms in total. The molecule has 0 aromatic heterocycles. The van der Waals surface area contributed by atoms with Gasteiger partial charge >= 0.3 is 0 Å². The fraction of sp³-hybridized carbons (Fsp3) is 0.938. The van der Waals surface area contributed by atoms with Gasteiger partial charge in [-0.15, -0.1) is 0 Å². The van der Waals surface area contributed by atoms with E-state index in [-0.39, 0.29) is 11.9 Å². The summed E-state index contributed by atoms with van der Waals surface area (Å²) in [6.07, 6.45) is 13.1. The van der Waals surface area contributed by atoms with Crippen LogP contribution in [-0.4, -0.2) is 24.5 Å². The monoisotopic (exact) mass is 264 g/mol. The average molecular weight is 264 g/mol. The first-order valence-electron chi connectivity index (χ1n) is 8.36. The lowest BCUT2D eigenvalue weighted by molar-refractivity contribution is -0.123. The summed E-state index contributed by atoms with van der Waals surface area (Å²) < 4.78 is 0. The number of rotatable bonds is 2. The van der Waals surface area contributed by atoms with Crippen LogP contribution in [0.5, 0.6) is 0 Å². The molecule has 0 radical (unpaired) electrons. The van der Waals surface area contributed by atoms with Gasteiger partial charge in [-0.05, 0) is 50.4 Å². The highest BCUT2D eigenvalue weighted by molar-refractivity contribution is 5.81. The molecule has 3 aliphatic rings. The Hall–Kier alpha value is -0.570. The summed E-state index contributed by atoms with van der Waals surface area (Å²) in [5.74, 6) is 2.17. The summed E-state index contributed by atoms with van der Waals surface area (Å²) in [6, 6.07) is 0.667. The van der Waals surface area contributed by atoms with E-state index in [9.17, 15) is 4.79 Å². The van der Waals surface area contributed by atoms with Crippen LogP contribution in [0, 0.1) is 11.8 Å². The lowest BCUT2D eigenvalue weighted by atomic mass is 9.69. The first-order valence-corrected chi connectivity index (χ1v) is 8.36. The van der Waals surface area contributed by atoms with Crippen molar-refractivity contribution in [3.8, 4) is 0 Å². The third-order valence-electron chi connectivity index (χ3n) is 5.51. The van der Waals surface area contributed by atoms with Crippen LogP contribution < -0.4 is 10.6 Å². The molecule has 0 spiro atoms. The van der Waals surface area contributed by atoms with Crippen LogP contribution in [0.1, 0.15) is 64.2 Å². The van der Waals surface area contributed by atoms with Crippen molar-refractivity contribution >= 4 is 5.91 Å². The maximum atomic E-state index is 12.0. The van der Waals surface area contributed by atoms with Gasteiger partial charge in [-0.1, -0.05) is 25.7 Å². The number of hydrogen-bond donors (Lipinski definition) is 2. The van der Waals surface area contributed by atoms with E-state index in [0.717, 1.165) is 31.2 Å². The zero-order chi connectivity index (χ0) is 13.1. The molecule has 1 saturated heterocycles. The van der Waals surface area contributed by atoms with Crippen LogP contribution in [0.4, 0.5) is 0 Å². The molecule has 2 N–H and O–H groups in total. The van der Waals surface area contributed by atoms with Crippen LogP contribution in [0.25, 0.3) is 0 Å². The third kappa shape index (κ3) is 3.31. The summed E-state index contributed by atoms with van der Waals surface area (Å²) in [7, 11) is 0. The van der Waals surface area contributed by atoms with E-state index >= 15 is 0 Å². The Bertz CT molecular complexity index is 318. The Morgan fingerprint density at radius 1 is 0.895 bits per heavy atom. The smallest absolute Gasteiger partial charge is 0.237 e. The van der Waals surface area contributed by atoms with Gasteiger partial charge in [0.05, 0.1) is 6.04 Å². The highest BCUT2D eigenvalue weighted by atomic mass is 16.2. The van der Waals surface area contributed by atoms with Crippen LogP contribution >= 0.6 is 0 Å². The van der Waals surface area contributed by atoms with Gasteiger partial charge in [0, 0.05) is 12.6 Å². The molecule has 1 aliphatic heterocycles. The Morgan fingerprint density at radius 3 is 2.58 bits per heavy atom. The molecule has 2 aliphatic carbocycles. The Balaban J connectivity index is 1.53. The van der Waals surface area contributed by atoms with Crippen molar-refractivity contribution in [1.82, 2.24) is 10.6 Å². The van der Waals surface area contributed by atoms with Gasteiger partial charge in [-0.3, -0.25) is 4.79 Å². The quantitative estimate of drug-likeness (QED) is 0.805. The summed E-state index contributed by atoms with van der Waals surface area (Å²) >= 11 is 0. The number of amides is 1. The zero-order valence-electron chi connectivity index (χ0n) is 12.0. The maximum Gasteiger partial charge on any atom is 0.237 e. The minimum absolute atomic E-state index is 0.0765. The minimum Gasteiger partial charge on any atom is -0.355 e. The summed E-state index contributed by atoms with van der Waals surface area (Å²) in [5, 5.41) is 6.71. The number of carbonyl (C=O) groups is 1. The Morgan fingerprint density at radius 2 is 1.68 bits per heavy atom. The van der Waals surface area contributed by atoms with Gasteiger partial charge in [0.25, 0.3) is 0 Å². The minimum atomic E-state index is 0.0765. The SMILES string of the molecule is O=C1NCCCCC1NC1CCC2CCCCC2C1. The zero-order valence-corrected chi connectivity index (χ0v) is 12.0. The Labute approximate surface area is 116 Å². The summed E-state index contributed by atoms with van der Waals surface area (Å²) in [5.41, 5.74) is 0. The van der Waals surface area contributed by atoms with Crippen molar-refractivity contribution in [2.24, 2.45) is 11.8 Å². The fourth-order valence-corrected chi connectivity index (χ4v) is 4.41. The number of hydrogen-bond acceptors (Lipinski definition) is 2. The molecule has 1 amide bonds.